The summed E-state index contributed by atoms with van der Waals surface area (Å²) in [7, 11) is 0. The first-order chi connectivity index (χ1) is 15.0. The van der Waals surface area contributed by atoms with Crippen molar-refractivity contribution in [2.24, 2.45) is 0 Å². The van der Waals surface area contributed by atoms with Crippen LogP contribution in [0.2, 0.25) is 20.1 Å². The van der Waals surface area contributed by atoms with Crippen molar-refractivity contribution in [1.29, 1.82) is 0 Å². The third-order valence-electron chi connectivity index (χ3n) is 4.05. The van der Waals surface area contributed by atoms with Gasteiger partial charge in [0.1, 0.15) is 0 Å². The molecule has 0 aliphatic carbocycles. The second-order valence-corrected chi connectivity index (χ2v) is 7.82. The van der Waals surface area contributed by atoms with E-state index in [1.165, 1.54) is 0 Å². The molecule has 0 spiro atoms. The molecule has 31 heavy (non-hydrogen) atoms. The minimum Gasteiger partial charge on any atom is -0.168 e. The Morgan fingerprint density at radius 3 is 1.03 bits per heavy atom. The summed E-state index contributed by atoms with van der Waals surface area (Å²) in [5.41, 5.74) is 4.46. The highest BCUT2D eigenvalue weighted by molar-refractivity contribution is 7.51. The Balaban J connectivity index is 0.000000196. The van der Waals surface area contributed by atoms with Crippen LogP contribution in [0.3, 0.4) is 0 Å². The minimum absolute atomic E-state index is 0.589. The average Bonchev–Trinajstić information content (AvgIpc) is 2.80. The van der Waals surface area contributed by atoms with E-state index >= 15 is 0 Å². The van der Waals surface area contributed by atoms with Gasteiger partial charge >= 0.3 is 11.6 Å². The molecule has 0 saturated heterocycles. The van der Waals surface area contributed by atoms with Gasteiger partial charge in [0.2, 0.25) is 0 Å². The molecule has 7 heteroatoms. The van der Waals surface area contributed by atoms with Crippen molar-refractivity contribution < 1.29 is 8.42 Å². The van der Waals surface area contributed by atoms with Crippen LogP contribution < -0.4 is 0 Å². The summed E-state index contributed by atoms with van der Waals surface area (Å²) < 4.78 is 16.6. The average molecular weight is 510 g/mol. The van der Waals surface area contributed by atoms with Crippen LogP contribution in [0.25, 0.3) is 22.3 Å². The van der Waals surface area contributed by atoms with Crippen molar-refractivity contribution in [1.82, 2.24) is 0 Å². The van der Waals surface area contributed by atoms with E-state index in [0.29, 0.717) is 20.1 Å². The standard InChI is InChI=1S/2C12H8Cl2.O2S/c2*13-11-7-6-10(8-12(11)14)9-4-2-1-3-5-9;1-3-2/h2*1-8H;. The van der Waals surface area contributed by atoms with E-state index in [2.05, 4.69) is 0 Å². The topological polar surface area (TPSA) is 34.1 Å². The van der Waals surface area contributed by atoms with Gasteiger partial charge in [-0.1, -0.05) is 119 Å². The zero-order valence-corrected chi connectivity index (χ0v) is 19.8. The lowest BCUT2D eigenvalue weighted by molar-refractivity contribution is 0.630. The second kappa shape index (κ2) is 13.3. The zero-order valence-electron chi connectivity index (χ0n) is 16.0. The van der Waals surface area contributed by atoms with Crippen molar-refractivity contribution in [2.45, 2.75) is 0 Å². The molecule has 0 aromatic heterocycles. The van der Waals surface area contributed by atoms with Gasteiger partial charge in [0.25, 0.3) is 0 Å². The quantitative estimate of drug-likeness (QED) is 0.271. The van der Waals surface area contributed by atoms with E-state index in [1.807, 2.05) is 97.1 Å². The van der Waals surface area contributed by atoms with Crippen LogP contribution in [-0.4, -0.2) is 8.42 Å². The predicted molar refractivity (Wildman–Crippen MR) is 133 cm³/mol. The molecule has 2 nitrogen and oxygen atoms in total. The molecule has 4 rings (SSSR count). The van der Waals surface area contributed by atoms with Crippen LogP contribution in [0.5, 0.6) is 0 Å². The number of benzene rings is 4. The van der Waals surface area contributed by atoms with Gasteiger partial charge < -0.3 is 0 Å². The molecule has 0 aliphatic rings. The molecular weight excluding hydrogens is 494 g/mol. The minimum atomic E-state index is -0.750. The van der Waals surface area contributed by atoms with E-state index in [-0.39, 0.29) is 0 Å². The van der Waals surface area contributed by atoms with Gasteiger partial charge in [-0.2, -0.15) is 8.42 Å². The van der Waals surface area contributed by atoms with Gasteiger partial charge in [-0.3, -0.25) is 0 Å². The van der Waals surface area contributed by atoms with Gasteiger partial charge in [-0.15, -0.1) is 0 Å². The monoisotopic (exact) mass is 508 g/mol. The summed E-state index contributed by atoms with van der Waals surface area (Å²) in [5.74, 6) is 0. The van der Waals surface area contributed by atoms with Gasteiger partial charge in [-0.05, 0) is 46.5 Å². The summed E-state index contributed by atoms with van der Waals surface area (Å²) >= 11 is 22.8. The summed E-state index contributed by atoms with van der Waals surface area (Å²) in [6.45, 7) is 0. The number of rotatable bonds is 2. The Morgan fingerprint density at radius 1 is 0.419 bits per heavy atom. The van der Waals surface area contributed by atoms with Crippen molar-refractivity contribution in [2.75, 3.05) is 0 Å². The molecule has 0 atom stereocenters. The molecule has 0 heterocycles. The molecule has 0 amide bonds. The fourth-order valence-electron chi connectivity index (χ4n) is 2.61. The molecule has 4 aromatic carbocycles. The molecule has 0 fully saturated rings. The number of hydrogen-bond donors (Lipinski definition) is 0. The lowest BCUT2D eigenvalue weighted by Gasteiger charge is -2.02. The Kier molecular flexibility index (Phi) is 10.8. The van der Waals surface area contributed by atoms with Crippen molar-refractivity contribution >= 4 is 58.0 Å². The smallest absolute Gasteiger partial charge is 0.168 e. The van der Waals surface area contributed by atoms with E-state index in [0.717, 1.165) is 22.3 Å². The molecule has 4 aromatic rings. The SMILES string of the molecule is Clc1ccc(-c2ccccc2)cc1Cl.Clc1ccc(-c2ccccc2)cc1Cl.O=S=O. The number of halogens is 4. The normalized spacial score (nSPS) is 9.55. The van der Waals surface area contributed by atoms with E-state index in [9.17, 15) is 0 Å². The van der Waals surface area contributed by atoms with Gasteiger partial charge in [0.15, 0.2) is 0 Å². The first-order valence-corrected chi connectivity index (χ1v) is 11.1. The summed E-state index contributed by atoms with van der Waals surface area (Å²) in [4.78, 5) is 0. The highest BCUT2D eigenvalue weighted by Crippen LogP contribution is 2.29. The molecule has 0 bridgehead atoms. The van der Waals surface area contributed by atoms with Crippen molar-refractivity contribution in [3.05, 3.63) is 117 Å². The highest BCUT2D eigenvalue weighted by Gasteiger charge is 2.01. The Labute approximate surface area is 205 Å². The lowest BCUT2D eigenvalue weighted by atomic mass is 10.1. The molecule has 158 valence electrons. The molecular formula is C24H16Cl4O2S. The van der Waals surface area contributed by atoms with Crippen molar-refractivity contribution in [3.63, 3.8) is 0 Å². The summed E-state index contributed by atoms with van der Waals surface area (Å²) in [6, 6.07) is 31.4. The first-order valence-electron chi connectivity index (χ1n) is 8.89. The number of hydrogen-bond acceptors (Lipinski definition) is 2. The zero-order chi connectivity index (χ0) is 22.6. The third kappa shape index (κ3) is 8.13. The maximum Gasteiger partial charge on any atom is 0.335 e. The first kappa shape index (κ1) is 25.1. The van der Waals surface area contributed by atoms with Crippen LogP contribution in [0.4, 0.5) is 0 Å². The molecule has 0 aliphatic heterocycles. The Morgan fingerprint density at radius 2 is 0.742 bits per heavy atom. The van der Waals surface area contributed by atoms with Gasteiger partial charge in [-0.25, -0.2) is 0 Å². The maximum atomic E-state index is 8.29. The fourth-order valence-corrected chi connectivity index (χ4v) is 3.21. The van der Waals surface area contributed by atoms with Crippen LogP contribution in [0.15, 0.2) is 97.1 Å². The highest BCUT2D eigenvalue weighted by atomic mass is 35.5. The fraction of sp³-hybridized carbons (Fsp3) is 0. The van der Waals surface area contributed by atoms with Crippen LogP contribution in [-0.2, 0) is 11.6 Å². The molecule has 0 radical (unpaired) electrons. The Bertz CT molecular complexity index is 1060. The third-order valence-corrected chi connectivity index (χ3v) is 5.53. The van der Waals surface area contributed by atoms with Gasteiger partial charge in [0.05, 0.1) is 20.1 Å². The van der Waals surface area contributed by atoms with E-state index < -0.39 is 11.6 Å². The maximum absolute atomic E-state index is 8.29. The van der Waals surface area contributed by atoms with E-state index in [4.69, 9.17) is 54.8 Å². The van der Waals surface area contributed by atoms with Crippen LogP contribution >= 0.6 is 46.4 Å². The van der Waals surface area contributed by atoms with Crippen molar-refractivity contribution in [3.8, 4) is 22.3 Å². The second-order valence-electron chi connectivity index (χ2n) is 6.06. The molecule has 0 N–H and O–H groups in total. The Hall–Kier alpha value is -2.14. The molecule has 0 unspecified atom stereocenters. The predicted octanol–water partition coefficient (Wildman–Crippen LogP) is 8.65. The lowest BCUT2D eigenvalue weighted by Crippen LogP contribution is -1.77. The van der Waals surface area contributed by atoms with Crippen LogP contribution in [0, 0.1) is 0 Å². The summed E-state index contributed by atoms with van der Waals surface area (Å²) in [5, 5.41) is 2.36. The largest absolute Gasteiger partial charge is 0.335 e. The van der Waals surface area contributed by atoms with E-state index in [1.54, 1.807) is 0 Å². The summed E-state index contributed by atoms with van der Waals surface area (Å²) in [6.07, 6.45) is 0. The van der Waals surface area contributed by atoms with Gasteiger partial charge in [0, 0.05) is 0 Å². The molecule has 0 saturated carbocycles. The van der Waals surface area contributed by atoms with Crippen LogP contribution in [0.1, 0.15) is 0 Å².